The molecule has 1 heterocycles. The number of benzene rings is 2. The molecule has 0 radical (unpaired) electrons. The minimum Gasteiger partial charge on any atom is -0.494 e. The number of unbranched alkanes of at least 4 members (excludes halogenated alkanes) is 1. The Kier molecular flexibility index (Phi) is 6.86. The van der Waals surface area contributed by atoms with Crippen LogP contribution in [-0.4, -0.2) is 23.5 Å². The van der Waals surface area contributed by atoms with Crippen LogP contribution in [0.3, 0.4) is 0 Å². The number of carbonyl (C=O) groups is 2. The highest BCUT2D eigenvalue weighted by Gasteiger charge is 2.31. The Morgan fingerprint density at radius 1 is 1.23 bits per heavy atom. The van der Waals surface area contributed by atoms with Gasteiger partial charge in [0.15, 0.2) is 0 Å². The van der Waals surface area contributed by atoms with Crippen LogP contribution in [0.4, 0.5) is 16.2 Å². The zero-order chi connectivity index (χ0) is 22.4. The molecule has 31 heavy (non-hydrogen) atoms. The second kappa shape index (κ2) is 9.75. The van der Waals surface area contributed by atoms with E-state index in [1.165, 1.54) is 18.2 Å². The van der Waals surface area contributed by atoms with E-state index < -0.39 is 22.9 Å². The van der Waals surface area contributed by atoms with Gasteiger partial charge < -0.3 is 20.7 Å². The summed E-state index contributed by atoms with van der Waals surface area (Å²) in [5.74, 6) is 0.236. The number of nitrogens with zero attached hydrogens (tertiary/aromatic N) is 1. The minimum atomic E-state index is -0.683. The molecular weight excluding hydrogens is 400 g/mol. The molecule has 0 fully saturated rings. The first-order valence-electron chi connectivity index (χ1n) is 9.96. The molecule has 3 N–H and O–H groups in total. The van der Waals surface area contributed by atoms with Crippen LogP contribution in [0.25, 0.3) is 0 Å². The Balaban J connectivity index is 1.83. The molecule has 2 aromatic rings. The van der Waals surface area contributed by atoms with Crippen LogP contribution in [0.5, 0.6) is 5.75 Å². The molecule has 3 rings (SSSR count). The number of nitrogens with one attached hydrogen (secondary N) is 3. The minimum absolute atomic E-state index is 0.131. The Bertz CT molecular complexity index is 1020. The number of urea groups is 1. The lowest BCUT2D eigenvalue weighted by Crippen LogP contribution is -2.45. The molecule has 3 amide bonds. The highest BCUT2D eigenvalue weighted by atomic mass is 16.6. The third kappa shape index (κ3) is 5.39. The van der Waals surface area contributed by atoms with Gasteiger partial charge in [-0.2, -0.15) is 0 Å². The lowest BCUT2D eigenvalue weighted by Gasteiger charge is -2.28. The van der Waals surface area contributed by atoms with Crippen molar-refractivity contribution in [2.24, 2.45) is 0 Å². The summed E-state index contributed by atoms with van der Waals surface area (Å²) >= 11 is 0. The fourth-order valence-corrected chi connectivity index (χ4v) is 3.23. The predicted octanol–water partition coefficient (Wildman–Crippen LogP) is 4.04. The molecule has 9 heteroatoms. The van der Waals surface area contributed by atoms with E-state index in [1.54, 1.807) is 37.3 Å². The van der Waals surface area contributed by atoms with Gasteiger partial charge in [0, 0.05) is 23.5 Å². The average Bonchev–Trinajstić information content (AvgIpc) is 2.74. The number of ether oxygens (including phenoxy) is 1. The van der Waals surface area contributed by atoms with E-state index in [4.69, 9.17) is 4.74 Å². The van der Waals surface area contributed by atoms with Gasteiger partial charge >= 0.3 is 6.03 Å². The normalized spacial score (nSPS) is 15.7. The van der Waals surface area contributed by atoms with Crippen molar-refractivity contribution in [3.63, 3.8) is 0 Å². The summed E-state index contributed by atoms with van der Waals surface area (Å²) < 4.78 is 5.67. The average molecular weight is 424 g/mol. The smallest absolute Gasteiger partial charge is 0.319 e. The third-order valence-corrected chi connectivity index (χ3v) is 4.81. The van der Waals surface area contributed by atoms with Gasteiger partial charge in [0.05, 0.1) is 23.1 Å². The monoisotopic (exact) mass is 424 g/mol. The van der Waals surface area contributed by atoms with Crippen molar-refractivity contribution < 1.29 is 19.2 Å². The lowest BCUT2D eigenvalue weighted by atomic mass is 9.94. The van der Waals surface area contributed by atoms with Gasteiger partial charge in [0.2, 0.25) is 0 Å². The van der Waals surface area contributed by atoms with E-state index >= 15 is 0 Å². The predicted molar refractivity (Wildman–Crippen MR) is 116 cm³/mol. The standard InChI is InChI=1S/C22H24N4O5/c1-3-4-12-31-18-10-8-15(9-11-18)20-19(14(2)23-22(28)25-20)21(27)24-16-6-5-7-17(13-16)26(29)30/h5-11,13,20H,3-4,12H2,1-2H3,(H,24,27)(H2,23,25,28)/t20-/m1/s1. The van der Waals surface area contributed by atoms with Crippen LogP contribution in [0, 0.1) is 10.1 Å². The number of carbonyl (C=O) groups excluding carboxylic acids is 2. The van der Waals surface area contributed by atoms with E-state index in [1.807, 2.05) is 0 Å². The van der Waals surface area contributed by atoms with Gasteiger partial charge in [-0.3, -0.25) is 14.9 Å². The number of non-ortho nitro benzene ring substituents is 1. The van der Waals surface area contributed by atoms with Crippen molar-refractivity contribution in [3.05, 3.63) is 75.5 Å². The molecule has 162 valence electrons. The molecule has 1 aliphatic rings. The molecule has 1 aliphatic heterocycles. The quantitative estimate of drug-likeness (QED) is 0.335. The summed E-state index contributed by atoms with van der Waals surface area (Å²) in [6.45, 7) is 4.34. The highest BCUT2D eigenvalue weighted by Crippen LogP contribution is 2.29. The highest BCUT2D eigenvalue weighted by molar-refractivity contribution is 6.06. The molecule has 0 spiro atoms. The van der Waals surface area contributed by atoms with Crippen molar-refractivity contribution >= 4 is 23.3 Å². The second-order valence-electron chi connectivity index (χ2n) is 7.10. The topological polar surface area (TPSA) is 123 Å². The van der Waals surface area contributed by atoms with E-state index in [0.717, 1.165) is 12.8 Å². The van der Waals surface area contributed by atoms with Crippen molar-refractivity contribution in [2.45, 2.75) is 32.7 Å². The largest absolute Gasteiger partial charge is 0.494 e. The molecule has 0 aliphatic carbocycles. The van der Waals surface area contributed by atoms with Crippen LogP contribution >= 0.6 is 0 Å². The molecule has 0 bridgehead atoms. The summed E-state index contributed by atoms with van der Waals surface area (Å²) in [4.78, 5) is 35.6. The number of nitro groups is 1. The van der Waals surface area contributed by atoms with Gasteiger partial charge in [-0.15, -0.1) is 0 Å². The zero-order valence-corrected chi connectivity index (χ0v) is 17.3. The zero-order valence-electron chi connectivity index (χ0n) is 17.3. The van der Waals surface area contributed by atoms with Gasteiger partial charge in [0.25, 0.3) is 11.6 Å². The van der Waals surface area contributed by atoms with Crippen molar-refractivity contribution in [2.75, 3.05) is 11.9 Å². The number of hydrogen-bond acceptors (Lipinski definition) is 5. The second-order valence-corrected chi connectivity index (χ2v) is 7.10. The molecule has 1 atom stereocenters. The van der Waals surface area contributed by atoms with Gasteiger partial charge in [-0.1, -0.05) is 31.5 Å². The molecule has 0 unspecified atom stereocenters. The Morgan fingerprint density at radius 2 is 1.97 bits per heavy atom. The van der Waals surface area contributed by atoms with E-state index in [-0.39, 0.29) is 11.4 Å². The van der Waals surface area contributed by atoms with Gasteiger partial charge in [-0.05, 0) is 37.1 Å². The number of allylic oxidation sites excluding steroid dienone is 1. The Labute approximate surface area is 179 Å². The van der Waals surface area contributed by atoms with Crippen LogP contribution in [-0.2, 0) is 4.79 Å². The van der Waals surface area contributed by atoms with Crippen LogP contribution in [0.2, 0.25) is 0 Å². The van der Waals surface area contributed by atoms with Gasteiger partial charge in [-0.25, -0.2) is 4.79 Å². The summed E-state index contributed by atoms with van der Waals surface area (Å²) in [7, 11) is 0. The lowest BCUT2D eigenvalue weighted by molar-refractivity contribution is -0.384. The number of nitro benzene ring substituents is 1. The van der Waals surface area contributed by atoms with Crippen molar-refractivity contribution in [1.82, 2.24) is 10.6 Å². The molecule has 0 saturated carbocycles. The fourth-order valence-electron chi connectivity index (χ4n) is 3.23. The molecule has 0 saturated heterocycles. The molecule has 9 nitrogen and oxygen atoms in total. The van der Waals surface area contributed by atoms with E-state index in [0.29, 0.717) is 29.2 Å². The molecular formula is C22H24N4O5. The molecule has 0 aromatic heterocycles. The first-order chi connectivity index (χ1) is 14.9. The number of rotatable bonds is 8. The Hall–Kier alpha value is -3.88. The Morgan fingerprint density at radius 3 is 2.65 bits per heavy atom. The number of hydrogen-bond donors (Lipinski definition) is 3. The third-order valence-electron chi connectivity index (χ3n) is 4.81. The maximum atomic E-state index is 13.0. The van der Waals surface area contributed by atoms with Crippen LogP contribution in [0.15, 0.2) is 59.8 Å². The fraction of sp³-hybridized carbons (Fsp3) is 0.273. The molecule has 2 aromatic carbocycles. The summed E-state index contributed by atoms with van der Waals surface area (Å²) in [6, 6.07) is 11.8. The summed E-state index contributed by atoms with van der Waals surface area (Å²) in [6.07, 6.45) is 1.99. The van der Waals surface area contributed by atoms with Gasteiger partial charge in [0.1, 0.15) is 5.75 Å². The summed E-state index contributed by atoms with van der Waals surface area (Å²) in [5, 5.41) is 19.0. The van der Waals surface area contributed by atoms with E-state index in [9.17, 15) is 19.7 Å². The van der Waals surface area contributed by atoms with Crippen LogP contribution in [0.1, 0.15) is 38.3 Å². The maximum absolute atomic E-state index is 13.0. The maximum Gasteiger partial charge on any atom is 0.319 e. The first-order valence-corrected chi connectivity index (χ1v) is 9.96. The van der Waals surface area contributed by atoms with Crippen LogP contribution < -0.4 is 20.7 Å². The van der Waals surface area contributed by atoms with Crippen molar-refractivity contribution in [3.8, 4) is 5.75 Å². The SMILES string of the molecule is CCCCOc1ccc([C@H]2NC(=O)NC(C)=C2C(=O)Nc2cccc([N+](=O)[O-])c2)cc1. The number of amides is 3. The first kappa shape index (κ1) is 21.8. The summed E-state index contributed by atoms with van der Waals surface area (Å²) in [5.41, 5.74) is 1.58. The van der Waals surface area contributed by atoms with Crippen molar-refractivity contribution in [1.29, 1.82) is 0 Å². The number of anilines is 1. The van der Waals surface area contributed by atoms with E-state index in [2.05, 4.69) is 22.9 Å².